The van der Waals surface area contributed by atoms with Crippen molar-refractivity contribution in [3.8, 4) is 16.9 Å². The van der Waals surface area contributed by atoms with Crippen LogP contribution in [0.25, 0.3) is 11.1 Å². The number of aliphatic hydroxyl groups is 1. The summed E-state index contributed by atoms with van der Waals surface area (Å²) in [6.07, 6.45) is 0.0269. The number of rotatable bonds is 10. The van der Waals surface area contributed by atoms with Gasteiger partial charge in [-0.25, -0.2) is 0 Å². The van der Waals surface area contributed by atoms with E-state index >= 15 is 0 Å². The van der Waals surface area contributed by atoms with Crippen molar-refractivity contribution in [3.05, 3.63) is 120 Å². The molecule has 5 rings (SSSR count). The molecule has 0 spiro atoms. The first-order valence-electron chi connectivity index (χ1n) is 15.2. The number of nitrogens with zero attached hydrogens (tertiary/aromatic N) is 2. The molecule has 1 aliphatic heterocycles. The fourth-order valence-electron chi connectivity index (χ4n) is 5.62. The molecule has 1 aliphatic rings. The third-order valence-corrected chi connectivity index (χ3v) is 8.16. The van der Waals surface area contributed by atoms with Crippen LogP contribution < -0.4 is 10.1 Å². The first kappa shape index (κ1) is 31.0. The molecule has 4 aromatic rings. The van der Waals surface area contributed by atoms with Crippen LogP contribution in [-0.4, -0.2) is 65.6 Å². The molecule has 0 saturated heterocycles. The number of anilines is 1. The summed E-state index contributed by atoms with van der Waals surface area (Å²) < 4.78 is 6.56. The van der Waals surface area contributed by atoms with Gasteiger partial charge in [-0.15, -0.1) is 0 Å². The average molecular weight is 592 g/mol. The van der Waals surface area contributed by atoms with E-state index in [9.17, 15) is 14.7 Å². The van der Waals surface area contributed by atoms with Gasteiger partial charge in [0, 0.05) is 31.2 Å². The second kappa shape index (κ2) is 14.3. The Morgan fingerprint density at radius 3 is 2.30 bits per heavy atom. The van der Waals surface area contributed by atoms with Crippen molar-refractivity contribution in [1.82, 2.24) is 9.80 Å². The number of ether oxygens (including phenoxy) is 1. The van der Waals surface area contributed by atoms with E-state index in [1.54, 1.807) is 23.1 Å². The van der Waals surface area contributed by atoms with E-state index in [1.165, 1.54) is 16.7 Å². The average Bonchev–Trinajstić information content (AvgIpc) is 3.04. The van der Waals surface area contributed by atoms with Crippen LogP contribution in [0.3, 0.4) is 0 Å². The highest BCUT2D eigenvalue weighted by Gasteiger charge is 2.33. The molecule has 0 fully saturated rings. The van der Waals surface area contributed by atoms with E-state index in [1.807, 2.05) is 55.5 Å². The van der Waals surface area contributed by atoms with Gasteiger partial charge in [0.15, 0.2) is 0 Å². The number of amides is 2. The number of hydrogen-bond donors (Lipinski definition) is 2. The molecule has 7 nitrogen and oxygen atoms in total. The summed E-state index contributed by atoms with van der Waals surface area (Å²) in [5.74, 6) is 0.0938. The van der Waals surface area contributed by atoms with E-state index in [0.29, 0.717) is 30.1 Å². The maximum absolute atomic E-state index is 13.8. The molecule has 2 amide bonds. The summed E-state index contributed by atoms with van der Waals surface area (Å²) in [5.41, 5.74) is 5.39. The topological polar surface area (TPSA) is 82.1 Å². The summed E-state index contributed by atoms with van der Waals surface area (Å²) >= 11 is 0. The molecule has 7 heteroatoms. The minimum Gasteiger partial charge on any atom is -0.488 e. The van der Waals surface area contributed by atoms with Crippen LogP contribution in [0.15, 0.2) is 103 Å². The van der Waals surface area contributed by atoms with E-state index in [4.69, 9.17) is 4.74 Å². The van der Waals surface area contributed by atoms with Crippen LogP contribution >= 0.6 is 0 Å². The van der Waals surface area contributed by atoms with Crippen LogP contribution in [0.5, 0.6) is 5.75 Å². The quantitative estimate of drug-likeness (QED) is 0.241. The van der Waals surface area contributed by atoms with Gasteiger partial charge in [0.1, 0.15) is 11.9 Å². The fraction of sp³-hybridized carbons (Fsp3) is 0.297. The van der Waals surface area contributed by atoms with Crippen molar-refractivity contribution >= 4 is 17.5 Å². The fourth-order valence-corrected chi connectivity index (χ4v) is 5.62. The molecule has 228 valence electrons. The van der Waals surface area contributed by atoms with Gasteiger partial charge in [0.25, 0.3) is 5.91 Å². The van der Waals surface area contributed by atoms with Crippen LogP contribution in [-0.2, 0) is 17.8 Å². The molecule has 0 bridgehead atoms. The third kappa shape index (κ3) is 7.73. The van der Waals surface area contributed by atoms with Crippen LogP contribution in [0.4, 0.5) is 5.69 Å². The molecule has 4 aromatic carbocycles. The number of likely N-dealkylation sites (N-methyl/N-ethyl adjacent to an activating group) is 1. The molecule has 0 unspecified atom stereocenters. The molecule has 0 radical (unpaired) electrons. The zero-order valence-corrected chi connectivity index (χ0v) is 25.6. The van der Waals surface area contributed by atoms with Crippen molar-refractivity contribution in [1.29, 1.82) is 0 Å². The minimum absolute atomic E-state index is 0.00857. The summed E-state index contributed by atoms with van der Waals surface area (Å²) in [7, 11) is 2.07. The third-order valence-electron chi connectivity index (χ3n) is 8.16. The van der Waals surface area contributed by atoms with Gasteiger partial charge in [0.2, 0.25) is 5.91 Å². The highest BCUT2D eigenvalue weighted by Crippen LogP contribution is 2.31. The maximum atomic E-state index is 13.8. The molecular weight excluding hydrogens is 550 g/mol. The Morgan fingerprint density at radius 2 is 1.61 bits per heavy atom. The van der Waals surface area contributed by atoms with Gasteiger partial charge >= 0.3 is 0 Å². The van der Waals surface area contributed by atoms with Crippen LogP contribution in [0, 0.1) is 5.92 Å². The van der Waals surface area contributed by atoms with Crippen molar-refractivity contribution in [2.75, 3.05) is 32.1 Å². The predicted molar refractivity (Wildman–Crippen MR) is 175 cm³/mol. The van der Waals surface area contributed by atoms with Gasteiger partial charge < -0.3 is 20.1 Å². The molecule has 0 aliphatic carbocycles. The number of carbonyl (C=O) groups excluding carboxylic acids is 2. The summed E-state index contributed by atoms with van der Waals surface area (Å²) in [4.78, 5) is 30.5. The number of aliphatic hydroxyl groups excluding tert-OH is 1. The predicted octanol–water partition coefficient (Wildman–Crippen LogP) is 5.89. The van der Waals surface area contributed by atoms with Crippen LogP contribution in [0.1, 0.15) is 35.3 Å². The van der Waals surface area contributed by atoms with E-state index in [-0.39, 0.29) is 42.9 Å². The Hall–Kier alpha value is -4.46. The maximum Gasteiger partial charge on any atom is 0.258 e. The molecule has 3 atom stereocenters. The standard InChI is InChI=1S/C37H41N3O4/c1-26-22-40(27(2)25-41)37(43)33-21-32(38-36(42)20-28-10-6-4-7-11-28)18-19-34(33)44-35(26)24-39(3)23-29-14-16-31(17-15-29)30-12-8-5-9-13-30/h4-19,21,26-27,35,41H,20,22-25H2,1-3H3,(H,38,42)/t26-,27+,35+/m0/s1. The highest BCUT2D eigenvalue weighted by molar-refractivity contribution is 6.00. The van der Waals surface area contributed by atoms with Gasteiger partial charge in [-0.1, -0.05) is 91.9 Å². The SMILES string of the molecule is C[C@H](CO)N1C[C@H](C)[C@@H](CN(C)Cc2ccc(-c3ccccc3)cc2)Oc2ccc(NC(=O)Cc3ccccc3)cc2C1=O. The smallest absolute Gasteiger partial charge is 0.258 e. The van der Waals surface area contributed by atoms with E-state index < -0.39 is 0 Å². The monoisotopic (exact) mass is 591 g/mol. The molecule has 0 aromatic heterocycles. The normalized spacial score (nSPS) is 17.3. The van der Waals surface area contributed by atoms with Gasteiger partial charge in [-0.2, -0.15) is 0 Å². The lowest BCUT2D eigenvalue weighted by Crippen LogP contribution is -2.49. The number of nitrogens with one attached hydrogen (secondary N) is 1. The lowest BCUT2D eigenvalue weighted by molar-refractivity contribution is -0.115. The first-order chi connectivity index (χ1) is 21.3. The van der Waals surface area contributed by atoms with Gasteiger partial charge in [-0.05, 0) is 54.4 Å². The Balaban J connectivity index is 1.32. The highest BCUT2D eigenvalue weighted by atomic mass is 16.5. The Bertz CT molecular complexity index is 1540. The lowest BCUT2D eigenvalue weighted by atomic mass is 9.99. The number of carbonyl (C=O) groups is 2. The van der Waals surface area contributed by atoms with E-state index in [2.05, 4.69) is 60.6 Å². The Labute approximate surface area is 260 Å². The number of benzene rings is 4. The number of hydrogen-bond acceptors (Lipinski definition) is 5. The van der Waals surface area contributed by atoms with Crippen molar-refractivity contribution < 1.29 is 19.4 Å². The molecular formula is C37H41N3O4. The zero-order valence-electron chi connectivity index (χ0n) is 25.6. The lowest BCUT2D eigenvalue weighted by Gasteiger charge is -2.38. The number of fused-ring (bicyclic) bond motifs is 1. The van der Waals surface area contributed by atoms with Gasteiger partial charge in [0.05, 0.1) is 24.6 Å². The van der Waals surface area contributed by atoms with Crippen molar-refractivity contribution in [2.24, 2.45) is 5.92 Å². The molecule has 1 heterocycles. The first-order valence-corrected chi connectivity index (χ1v) is 15.2. The zero-order chi connectivity index (χ0) is 31.1. The molecule has 2 N–H and O–H groups in total. The minimum atomic E-state index is -0.367. The van der Waals surface area contributed by atoms with Crippen molar-refractivity contribution in [3.63, 3.8) is 0 Å². The van der Waals surface area contributed by atoms with Gasteiger partial charge in [-0.3, -0.25) is 14.5 Å². The molecule has 0 saturated carbocycles. The summed E-state index contributed by atoms with van der Waals surface area (Å²) in [6, 6.07) is 33.3. The Kier molecular flexibility index (Phi) is 10.1. The van der Waals surface area contributed by atoms with Crippen molar-refractivity contribution in [2.45, 2.75) is 39.0 Å². The van der Waals surface area contributed by atoms with E-state index in [0.717, 1.165) is 12.1 Å². The summed E-state index contributed by atoms with van der Waals surface area (Å²) in [5, 5.41) is 12.9. The second-order valence-electron chi connectivity index (χ2n) is 11.8. The molecule has 44 heavy (non-hydrogen) atoms. The Morgan fingerprint density at radius 1 is 0.955 bits per heavy atom. The largest absolute Gasteiger partial charge is 0.488 e. The summed E-state index contributed by atoms with van der Waals surface area (Å²) in [6.45, 7) is 5.61. The second-order valence-corrected chi connectivity index (χ2v) is 11.8. The van der Waals surface area contributed by atoms with Crippen LogP contribution in [0.2, 0.25) is 0 Å².